The fourth-order valence-corrected chi connectivity index (χ4v) is 4.12. The first-order chi connectivity index (χ1) is 18.5. The van der Waals surface area contributed by atoms with Crippen molar-refractivity contribution in [3.8, 4) is 11.5 Å². The van der Waals surface area contributed by atoms with Gasteiger partial charge in [-0.05, 0) is 42.5 Å². The lowest BCUT2D eigenvalue weighted by Crippen LogP contribution is -2.39. The molecule has 0 spiro atoms. The highest BCUT2D eigenvalue weighted by Gasteiger charge is 2.29. The Hall–Kier alpha value is -3.19. The summed E-state index contributed by atoms with van der Waals surface area (Å²) in [6.45, 7) is 10.3. The number of carbonyl (C=O) groups is 3. The van der Waals surface area contributed by atoms with E-state index in [2.05, 4.69) is 18.7 Å². The Morgan fingerprint density at radius 1 is 1.00 bits per heavy atom. The van der Waals surface area contributed by atoms with Crippen LogP contribution in [0.4, 0.5) is 0 Å². The molecule has 3 rings (SSSR count). The number of benzene rings is 1. The van der Waals surface area contributed by atoms with Crippen LogP contribution in [-0.4, -0.2) is 119 Å². The second-order valence-electron chi connectivity index (χ2n) is 9.76. The van der Waals surface area contributed by atoms with Crippen molar-refractivity contribution in [2.75, 3.05) is 53.0 Å². The lowest BCUT2D eigenvalue weighted by Gasteiger charge is -2.33. The lowest BCUT2D eigenvalue weighted by atomic mass is 10.1. The molecule has 39 heavy (non-hydrogen) atoms. The number of nitrogens with zero attached hydrogens (tertiary/aromatic N) is 2. The second-order valence-corrected chi connectivity index (χ2v) is 9.76. The molecule has 0 aromatic heterocycles. The maximum Gasteiger partial charge on any atom is 0.335 e. The molecule has 0 aliphatic carbocycles. The van der Waals surface area contributed by atoms with Gasteiger partial charge in [-0.3, -0.25) is 4.79 Å². The molecule has 12 heteroatoms. The number of methoxy groups -OCH3 is 1. The number of likely N-dealkylation sites (tertiary alicyclic amines) is 1. The predicted octanol–water partition coefficient (Wildman–Crippen LogP) is 0.944. The van der Waals surface area contributed by atoms with Gasteiger partial charge >= 0.3 is 11.9 Å². The first-order valence-electron chi connectivity index (χ1n) is 12.9. The first-order valence-corrected chi connectivity index (χ1v) is 12.9. The second kappa shape index (κ2) is 16.0. The molecule has 0 bridgehead atoms. The third-order valence-corrected chi connectivity index (χ3v) is 6.19. The van der Waals surface area contributed by atoms with Crippen molar-refractivity contribution in [2.24, 2.45) is 5.92 Å². The number of aliphatic hydroxyl groups is 2. The maximum absolute atomic E-state index is 12.3. The van der Waals surface area contributed by atoms with Gasteiger partial charge in [0.15, 0.2) is 23.7 Å². The topological polar surface area (TPSA) is 166 Å². The van der Waals surface area contributed by atoms with E-state index in [0.29, 0.717) is 38.0 Å². The number of carbonyl (C=O) groups excluding carboxylic acids is 1. The molecule has 1 aromatic carbocycles. The van der Waals surface area contributed by atoms with Crippen LogP contribution in [0.2, 0.25) is 0 Å². The summed E-state index contributed by atoms with van der Waals surface area (Å²) in [7, 11) is 1.65. The third-order valence-electron chi connectivity index (χ3n) is 6.19. The smallest absolute Gasteiger partial charge is 0.335 e. The number of carboxylic acids is 2. The Bertz CT molecular complexity index is 951. The number of aliphatic carboxylic acids is 2. The number of ether oxygens (including phenoxy) is 3. The van der Waals surface area contributed by atoms with Gasteiger partial charge in [0, 0.05) is 38.8 Å². The summed E-state index contributed by atoms with van der Waals surface area (Å²) in [6.07, 6.45) is 1.20. The van der Waals surface area contributed by atoms with E-state index in [-0.39, 0.29) is 12.0 Å². The summed E-state index contributed by atoms with van der Waals surface area (Å²) in [5.74, 6) is -1.35. The largest absolute Gasteiger partial charge is 0.493 e. The fourth-order valence-electron chi connectivity index (χ4n) is 4.12. The van der Waals surface area contributed by atoms with Crippen LogP contribution in [0.15, 0.2) is 24.3 Å². The number of morpholine rings is 1. The zero-order valence-electron chi connectivity index (χ0n) is 22.7. The number of amides is 1. The van der Waals surface area contributed by atoms with Gasteiger partial charge in [0.2, 0.25) is 5.91 Å². The van der Waals surface area contributed by atoms with Crippen molar-refractivity contribution >= 4 is 23.9 Å². The van der Waals surface area contributed by atoms with Gasteiger partial charge < -0.3 is 44.4 Å². The monoisotopic (exact) mass is 552 g/mol. The Balaban J connectivity index is 0.000000455. The number of piperidine rings is 1. The van der Waals surface area contributed by atoms with Gasteiger partial charge in [0.25, 0.3) is 0 Å². The molecular formula is C27H40N2O10. The van der Waals surface area contributed by atoms with Crippen molar-refractivity contribution in [1.29, 1.82) is 0 Å². The fraction of sp³-hybridized carbons (Fsp3) is 0.593. The summed E-state index contributed by atoms with van der Waals surface area (Å²) in [6, 6.07) is 5.83. The number of hydrogen-bond acceptors (Lipinski definition) is 9. The van der Waals surface area contributed by atoms with Crippen molar-refractivity contribution in [3.05, 3.63) is 29.8 Å². The van der Waals surface area contributed by atoms with Crippen LogP contribution in [0.1, 0.15) is 32.3 Å². The van der Waals surface area contributed by atoms with Crippen molar-refractivity contribution in [3.63, 3.8) is 0 Å². The molecule has 4 N–H and O–H groups in total. The van der Waals surface area contributed by atoms with E-state index in [1.807, 2.05) is 24.3 Å². The summed E-state index contributed by atoms with van der Waals surface area (Å²) in [5, 5.41) is 32.5. The van der Waals surface area contributed by atoms with Crippen LogP contribution < -0.4 is 9.47 Å². The van der Waals surface area contributed by atoms with Crippen LogP contribution in [0, 0.1) is 5.92 Å². The Labute approximate surface area is 228 Å². The number of rotatable bonds is 10. The lowest BCUT2D eigenvalue weighted by molar-refractivity contribution is -0.165. The number of carboxylic acid groups (broad SMARTS) is 2. The van der Waals surface area contributed by atoms with E-state index in [0.717, 1.165) is 43.8 Å². The quantitative estimate of drug-likeness (QED) is 0.305. The number of hydrogen-bond donors (Lipinski definition) is 4. The minimum absolute atomic E-state index is 0.0146. The van der Waals surface area contributed by atoms with E-state index < -0.39 is 24.1 Å². The average molecular weight is 553 g/mol. The highest BCUT2D eigenvalue weighted by Crippen LogP contribution is 2.31. The number of aliphatic hydroxyl groups excluding tert-OH is 2. The maximum atomic E-state index is 12.3. The standard InChI is InChI=1S/C23H34N2O4.C4H6O6/c1-18(2)17-24-10-8-20(9-11-24)29-21-6-4-19(16-22(21)27-3)5-7-23(26)25-12-14-28-15-13-25;5-1(3(7)8)2(6)4(9)10/h4-7,16,18,20H,8-15,17H2,1-3H3;1-2,5-6H,(H,7,8)(H,9,10)/t;1-,2-/m.1/s1. The Morgan fingerprint density at radius 2 is 1.59 bits per heavy atom. The molecular weight excluding hydrogens is 512 g/mol. The predicted molar refractivity (Wildman–Crippen MR) is 142 cm³/mol. The van der Waals surface area contributed by atoms with E-state index in [9.17, 15) is 14.4 Å². The van der Waals surface area contributed by atoms with E-state index in [1.165, 1.54) is 0 Å². The van der Waals surface area contributed by atoms with Crippen LogP contribution in [0.5, 0.6) is 11.5 Å². The molecule has 2 aliphatic rings. The molecule has 218 valence electrons. The van der Waals surface area contributed by atoms with Crippen LogP contribution in [-0.2, 0) is 19.1 Å². The highest BCUT2D eigenvalue weighted by molar-refractivity contribution is 5.92. The summed E-state index contributed by atoms with van der Waals surface area (Å²) >= 11 is 0. The van der Waals surface area contributed by atoms with E-state index >= 15 is 0 Å². The molecule has 1 aromatic rings. The van der Waals surface area contributed by atoms with Gasteiger partial charge in [-0.2, -0.15) is 0 Å². The molecule has 2 aliphatic heterocycles. The van der Waals surface area contributed by atoms with Gasteiger partial charge in [0.1, 0.15) is 6.10 Å². The Morgan fingerprint density at radius 3 is 2.10 bits per heavy atom. The highest BCUT2D eigenvalue weighted by atomic mass is 16.5. The molecule has 2 fully saturated rings. The Kier molecular flexibility index (Phi) is 13.2. The normalized spacial score (nSPS) is 18.3. The summed E-state index contributed by atoms with van der Waals surface area (Å²) in [4.78, 5) is 36.1. The van der Waals surface area contributed by atoms with Crippen LogP contribution in [0.3, 0.4) is 0 Å². The van der Waals surface area contributed by atoms with Gasteiger partial charge in [-0.25, -0.2) is 9.59 Å². The van der Waals surface area contributed by atoms with Gasteiger partial charge in [-0.1, -0.05) is 19.9 Å². The van der Waals surface area contributed by atoms with E-state index in [1.54, 1.807) is 18.1 Å². The SMILES string of the molecule is COc1cc(C=CC(=O)N2CCOCC2)ccc1OC1CCN(CC(C)C)CC1.O=C(O)[C@H](O)[C@@H](O)C(=O)O. The molecule has 2 heterocycles. The van der Waals surface area contributed by atoms with E-state index in [4.69, 9.17) is 34.6 Å². The molecule has 2 atom stereocenters. The van der Waals surface area contributed by atoms with Gasteiger partial charge in [0.05, 0.1) is 20.3 Å². The first kappa shape index (κ1) is 32.0. The average Bonchev–Trinajstić information content (AvgIpc) is 2.92. The van der Waals surface area contributed by atoms with Crippen molar-refractivity contribution in [2.45, 2.75) is 45.0 Å². The van der Waals surface area contributed by atoms with Gasteiger partial charge in [-0.15, -0.1) is 0 Å². The van der Waals surface area contributed by atoms with Crippen molar-refractivity contribution in [1.82, 2.24) is 9.80 Å². The zero-order chi connectivity index (χ0) is 28.9. The minimum Gasteiger partial charge on any atom is -0.493 e. The molecule has 12 nitrogen and oxygen atoms in total. The molecule has 1 amide bonds. The molecule has 0 saturated carbocycles. The minimum atomic E-state index is -2.27. The zero-order valence-corrected chi connectivity index (χ0v) is 22.7. The molecule has 0 unspecified atom stereocenters. The third kappa shape index (κ3) is 10.8. The van der Waals surface area contributed by atoms with Crippen LogP contribution >= 0.6 is 0 Å². The summed E-state index contributed by atoms with van der Waals surface area (Å²) < 4.78 is 17.1. The van der Waals surface area contributed by atoms with Crippen LogP contribution in [0.25, 0.3) is 6.08 Å². The molecule has 2 saturated heterocycles. The molecule has 0 radical (unpaired) electrons. The summed E-state index contributed by atoms with van der Waals surface area (Å²) in [5.41, 5.74) is 0.919. The van der Waals surface area contributed by atoms with Crippen molar-refractivity contribution < 1.29 is 49.0 Å².